The SMILES string of the molecule is COC(=O)CC(C(=O)OC)C(OC)C(=O)OC(C)(C)C. The van der Waals surface area contributed by atoms with E-state index in [-0.39, 0.29) is 6.42 Å². The highest BCUT2D eigenvalue weighted by atomic mass is 16.6. The topological polar surface area (TPSA) is 88.1 Å². The predicted octanol–water partition coefficient (Wildman–Crippen LogP) is 0.695. The highest BCUT2D eigenvalue weighted by Gasteiger charge is 2.39. The Labute approximate surface area is 118 Å². The van der Waals surface area contributed by atoms with Crippen LogP contribution in [0.1, 0.15) is 27.2 Å². The lowest BCUT2D eigenvalue weighted by Crippen LogP contribution is -2.42. The first-order valence-corrected chi connectivity index (χ1v) is 6.06. The summed E-state index contributed by atoms with van der Waals surface area (Å²) < 4.78 is 19.2. The molecule has 0 aromatic carbocycles. The first-order valence-electron chi connectivity index (χ1n) is 6.06. The van der Waals surface area contributed by atoms with Crippen molar-refractivity contribution in [2.45, 2.75) is 38.9 Å². The average Bonchev–Trinajstić information content (AvgIpc) is 2.35. The van der Waals surface area contributed by atoms with Gasteiger partial charge < -0.3 is 18.9 Å². The fraction of sp³-hybridized carbons (Fsp3) is 0.769. The molecule has 0 aromatic heterocycles. The number of methoxy groups -OCH3 is 3. The first-order chi connectivity index (χ1) is 9.16. The first kappa shape index (κ1) is 18.4. The summed E-state index contributed by atoms with van der Waals surface area (Å²) in [5.41, 5.74) is -0.736. The second-order valence-electron chi connectivity index (χ2n) is 5.10. The van der Waals surface area contributed by atoms with Crippen LogP contribution >= 0.6 is 0 Å². The van der Waals surface area contributed by atoms with Gasteiger partial charge in [0.15, 0.2) is 6.10 Å². The van der Waals surface area contributed by atoms with Gasteiger partial charge in [-0.3, -0.25) is 9.59 Å². The number of ether oxygens (including phenoxy) is 4. The molecule has 0 N–H and O–H groups in total. The van der Waals surface area contributed by atoms with E-state index in [1.54, 1.807) is 20.8 Å². The van der Waals surface area contributed by atoms with Gasteiger partial charge in [-0.05, 0) is 20.8 Å². The maximum absolute atomic E-state index is 12.0. The van der Waals surface area contributed by atoms with E-state index in [2.05, 4.69) is 9.47 Å². The molecule has 0 aliphatic heterocycles. The van der Waals surface area contributed by atoms with Gasteiger partial charge in [0.1, 0.15) is 11.5 Å². The number of esters is 3. The third-order valence-corrected chi connectivity index (χ3v) is 2.38. The number of hydrogen-bond donors (Lipinski definition) is 0. The highest BCUT2D eigenvalue weighted by Crippen LogP contribution is 2.19. The Morgan fingerprint density at radius 2 is 1.50 bits per heavy atom. The average molecular weight is 290 g/mol. The number of carbonyl (C=O) groups is 3. The molecule has 0 bridgehead atoms. The summed E-state index contributed by atoms with van der Waals surface area (Å²) in [5, 5.41) is 0. The van der Waals surface area contributed by atoms with Crippen molar-refractivity contribution in [3.63, 3.8) is 0 Å². The largest absolute Gasteiger partial charge is 0.469 e. The van der Waals surface area contributed by atoms with Gasteiger partial charge in [0.05, 0.1) is 20.6 Å². The van der Waals surface area contributed by atoms with Gasteiger partial charge in [0.25, 0.3) is 0 Å². The van der Waals surface area contributed by atoms with Crippen molar-refractivity contribution in [1.82, 2.24) is 0 Å². The van der Waals surface area contributed by atoms with E-state index in [1.165, 1.54) is 14.2 Å². The minimum absolute atomic E-state index is 0.332. The molecule has 0 amide bonds. The van der Waals surface area contributed by atoms with E-state index in [9.17, 15) is 14.4 Å². The molecule has 20 heavy (non-hydrogen) atoms. The van der Waals surface area contributed by atoms with E-state index in [4.69, 9.17) is 9.47 Å². The molecule has 2 atom stereocenters. The van der Waals surface area contributed by atoms with Gasteiger partial charge in [-0.15, -0.1) is 0 Å². The van der Waals surface area contributed by atoms with E-state index in [0.29, 0.717) is 0 Å². The van der Waals surface area contributed by atoms with Crippen LogP contribution in [0, 0.1) is 5.92 Å². The van der Waals surface area contributed by atoms with Crippen molar-refractivity contribution in [3.05, 3.63) is 0 Å². The lowest BCUT2D eigenvalue weighted by atomic mass is 9.98. The Kier molecular flexibility index (Phi) is 7.20. The summed E-state index contributed by atoms with van der Waals surface area (Å²) in [6.45, 7) is 5.06. The molecule has 0 radical (unpaired) electrons. The van der Waals surface area contributed by atoms with Crippen LogP contribution in [0.15, 0.2) is 0 Å². The summed E-state index contributed by atoms with van der Waals surface area (Å²) >= 11 is 0. The lowest BCUT2D eigenvalue weighted by molar-refractivity contribution is -0.177. The van der Waals surface area contributed by atoms with Crippen LogP contribution in [-0.2, 0) is 33.3 Å². The Morgan fingerprint density at radius 1 is 0.950 bits per heavy atom. The maximum Gasteiger partial charge on any atom is 0.336 e. The van der Waals surface area contributed by atoms with Crippen molar-refractivity contribution >= 4 is 17.9 Å². The van der Waals surface area contributed by atoms with E-state index in [1.807, 2.05) is 0 Å². The Morgan fingerprint density at radius 3 is 1.85 bits per heavy atom. The Bertz CT molecular complexity index is 356. The third-order valence-electron chi connectivity index (χ3n) is 2.38. The second kappa shape index (κ2) is 7.84. The molecule has 0 saturated carbocycles. The third kappa shape index (κ3) is 6.01. The summed E-state index contributed by atoms with van der Waals surface area (Å²) in [5.74, 6) is -3.24. The Balaban J connectivity index is 5.12. The number of carbonyl (C=O) groups excluding carboxylic acids is 3. The van der Waals surface area contributed by atoms with Gasteiger partial charge in [0, 0.05) is 7.11 Å². The van der Waals surface area contributed by atoms with Crippen LogP contribution in [0.4, 0.5) is 0 Å². The van der Waals surface area contributed by atoms with Crippen molar-refractivity contribution in [1.29, 1.82) is 0 Å². The molecule has 7 heteroatoms. The van der Waals surface area contributed by atoms with Crippen LogP contribution in [0.3, 0.4) is 0 Å². The molecule has 0 rings (SSSR count). The molecule has 0 aliphatic rings. The number of rotatable bonds is 6. The summed E-state index contributed by atoms with van der Waals surface area (Å²) in [4.78, 5) is 35.1. The zero-order valence-corrected chi connectivity index (χ0v) is 12.7. The fourth-order valence-electron chi connectivity index (χ4n) is 1.51. The maximum atomic E-state index is 12.0. The van der Waals surface area contributed by atoms with Crippen LogP contribution in [0.25, 0.3) is 0 Å². The molecule has 0 fully saturated rings. The molecule has 0 aliphatic carbocycles. The minimum atomic E-state index is -1.24. The van der Waals surface area contributed by atoms with Crippen molar-refractivity contribution in [2.75, 3.05) is 21.3 Å². The van der Waals surface area contributed by atoms with Crippen molar-refractivity contribution < 1.29 is 33.3 Å². The molecular weight excluding hydrogens is 268 g/mol. The molecule has 0 saturated heterocycles. The molecule has 0 spiro atoms. The monoisotopic (exact) mass is 290 g/mol. The van der Waals surface area contributed by atoms with Gasteiger partial charge >= 0.3 is 17.9 Å². The summed E-state index contributed by atoms with van der Waals surface area (Å²) in [7, 11) is 3.60. The fourth-order valence-corrected chi connectivity index (χ4v) is 1.51. The second-order valence-corrected chi connectivity index (χ2v) is 5.10. The molecule has 0 heterocycles. The van der Waals surface area contributed by atoms with E-state index in [0.717, 1.165) is 7.11 Å². The quantitative estimate of drug-likeness (QED) is 0.525. The van der Waals surface area contributed by atoms with Crippen molar-refractivity contribution in [3.8, 4) is 0 Å². The summed E-state index contributed by atoms with van der Waals surface area (Å²) in [6.07, 6.45) is -1.57. The molecule has 116 valence electrons. The molecular formula is C13H22O7. The van der Waals surface area contributed by atoms with Gasteiger partial charge in [-0.2, -0.15) is 0 Å². The van der Waals surface area contributed by atoms with E-state index >= 15 is 0 Å². The Hall–Kier alpha value is -1.63. The highest BCUT2D eigenvalue weighted by molar-refractivity contribution is 5.87. The molecule has 2 unspecified atom stereocenters. The lowest BCUT2D eigenvalue weighted by Gasteiger charge is -2.26. The summed E-state index contributed by atoms with van der Waals surface area (Å²) in [6, 6.07) is 0. The predicted molar refractivity (Wildman–Crippen MR) is 68.8 cm³/mol. The van der Waals surface area contributed by atoms with Gasteiger partial charge in [0.2, 0.25) is 0 Å². The van der Waals surface area contributed by atoms with Crippen LogP contribution in [0.2, 0.25) is 0 Å². The normalized spacial score (nSPS) is 14.1. The van der Waals surface area contributed by atoms with Gasteiger partial charge in [-0.25, -0.2) is 4.79 Å². The zero-order chi connectivity index (χ0) is 15.9. The van der Waals surface area contributed by atoms with Crippen molar-refractivity contribution in [2.24, 2.45) is 5.92 Å². The van der Waals surface area contributed by atoms with Gasteiger partial charge in [-0.1, -0.05) is 0 Å². The number of hydrogen-bond acceptors (Lipinski definition) is 7. The smallest absolute Gasteiger partial charge is 0.336 e. The minimum Gasteiger partial charge on any atom is -0.469 e. The van der Waals surface area contributed by atoms with E-state index < -0.39 is 35.5 Å². The molecule has 7 nitrogen and oxygen atoms in total. The van der Waals surface area contributed by atoms with Crippen LogP contribution in [0.5, 0.6) is 0 Å². The standard InChI is InChI=1S/C13H22O7/c1-13(2,3)20-12(16)10(18-5)8(11(15)19-6)7-9(14)17-4/h8,10H,7H2,1-6H3. The molecule has 0 aromatic rings. The zero-order valence-electron chi connectivity index (χ0n) is 12.7. The van der Waals surface area contributed by atoms with Crippen LogP contribution < -0.4 is 0 Å². The van der Waals surface area contributed by atoms with Crippen LogP contribution in [-0.4, -0.2) is 50.9 Å².